The molecule has 1 unspecified atom stereocenters. The lowest BCUT2D eigenvalue weighted by Crippen LogP contribution is -2.44. The molecule has 130 valence electrons. The summed E-state index contributed by atoms with van der Waals surface area (Å²) in [6.45, 7) is 1.65. The van der Waals surface area contributed by atoms with Crippen LogP contribution >= 0.6 is 0 Å². The Morgan fingerprint density at radius 2 is 2.04 bits per heavy atom. The van der Waals surface area contributed by atoms with Gasteiger partial charge in [-0.1, -0.05) is 54.6 Å². The molecule has 1 aromatic rings. The molecule has 1 aromatic carbocycles. The van der Waals surface area contributed by atoms with Crippen LogP contribution in [0.25, 0.3) is 0 Å². The number of ether oxygens (including phenoxy) is 1. The summed E-state index contributed by atoms with van der Waals surface area (Å²) < 4.78 is 32.8. The van der Waals surface area contributed by atoms with E-state index in [1.807, 2.05) is 54.6 Å². The van der Waals surface area contributed by atoms with E-state index in [4.69, 9.17) is 0 Å². The molecular formula is C19H23F2NO2. The number of carbonyl (C=O) groups is 1. The summed E-state index contributed by atoms with van der Waals surface area (Å²) in [6, 6.07) is 9.43. The maximum absolute atomic E-state index is 14.2. The predicted molar refractivity (Wildman–Crippen MR) is 89.7 cm³/mol. The van der Waals surface area contributed by atoms with Gasteiger partial charge in [-0.05, 0) is 24.8 Å². The molecule has 0 N–H and O–H groups in total. The molecule has 0 saturated carbocycles. The van der Waals surface area contributed by atoms with Crippen molar-refractivity contribution in [1.29, 1.82) is 0 Å². The maximum atomic E-state index is 14.2. The lowest BCUT2D eigenvalue weighted by molar-refractivity contribution is -0.174. The fourth-order valence-corrected chi connectivity index (χ4v) is 2.71. The Hall–Kier alpha value is -2.01. The lowest BCUT2D eigenvalue weighted by Gasteiger charge is -2.29. The Bertz CT molecular complexity index is 584. The van der Waals surface area contributed by atoms with E-state index in [-0.39, 0.29) is 12.5 Å². The first-order valence-electron chi connectivity index (χ1n) is 8.16. The van der Waals surface area contributed by atoms with Gasteiger partial charge in [-0.2, -0.15) is 8.78 Å². The molecule has 0 aliphatic heterocycles. The third kappa shape index (κ3) is 5.57. The number of esters is 1. The van der Waals surface area contributed by atoms with Gasteiger partial charge in [0.1, 0.15) is 0 Å². The highest BCUT2D eigenvalue weighted by Gasteiger charge is 2.42. The number of halogens is 2. The highest BCUT2D eigenvalue weighted by Crippen LogP contribution is 2.22. The van der Waals surface area contributed by atoms with Crippen LogP contribution in [0.15, 0.2) is 54.6 Å². The number of benzene rings is 1. The molecule has 3 nitrogen and oxygen atoms in total. The van der Waals surface area contributed by atoms with E-state index in [0.717, 1.165) is 12.0 Å². The summed E-state index contributed by atoms with van der Waals surface area (Å²) in [6.07, 6.45) is 8.73. The average Bonchev–Trinajstić information content (AvgIpc) is 2.56. The number of allylic oxidation sites excluding steroid dienone is 3. The first-order chi connectivity index (χ1) is 11.5. The number of nitrogens with zero attached hydrogens (tertiary/aromatic N) is 1. The largest absolute Gasteiger partial charge is 0.462 e. The topological polar surface area (TPSA) is 29.5 Å². The summed E-state index contributed by atoms with van der Waals surface area (Å²) in [5, 5.41) is 0. The number of alkyl halides is 2. The quantitative estimate of drug-likeness (QED) is 0.677. The molecule has 0 saturated heterocycles. The second-order valence-corrected chi connectivity index (χ2v) is 5.89. The average molecular weight is 335 g/mol. The van der Waals surface area contributed by atoms with Gasteiger partial charge in [0.2, 0.25) is 0 Å². The van der Waals surface area contributed by atoms with E-state index in [1.165, 1.54) is 6.92 Å². The van der Waals surface area contributed by atoms with Crippen molar-refractivity contribution in [1.82, 2.24) is 4.90 Å². The van der Waals surface area contributed by atoms with Crippen molar-refractivity contribution >= 4 is 5.97 Å². The monoisotopic (exact) mass is 335 g/mol. The highest BCUT2D eigenvalue weighted by atomic mass is 19.3. The van der Waals surface area contributed by atoms with Crippen molar-refractivity contribution < 1.29 is 18.3 Å². The molecule has 0 radical (unpaired) electrons. The Morgan fingerprint density at radius 3 is 2.67 bits per heavy atom. The zero-order chi connectivity index (χ0) is 17.4. The summed E-state index contributed by atoms with van der Waals surface area (Å²) in [5.74, 6) is -4.81. The van der Waals surface area contributed by atoms with Gasteiger partial charge in [0, 0.05) is 13.1 Å². The standard InChI is InChI=1S/C19H23F2NO2/c1-2-24-18(23)19(20,21)15-22(13-16-9-5-3-6-10-16)14-17-11-7-4-8-12-17/h3-11,17H,2,12-15H2,1H3. The summed E-state index contributed by atoms with van der Waals surface area (Å²) >= 11 is 0. The van der Waals surface area contributed by atoms with Gasteiger partial charge < -0.3 is 4.74 Å². The van der Waals surface area contributed by atoms with Gasteiger partial charge in [-0.15, -0.1) is 0 Å². The van der Waals surface area contributed by atoms with E-state index in [0.29, 0.717) is 13.1 Å². The normalized spacial score (nSPS) is 17.2. The second-order valence-electron chi connectivity index (χ2n) is 5.89. The minimum Gasteiger partial charge on any atom is -0.462 e. The molecule has 24 heavy (non-hydrogen) atoms. The molecule has 1 atom stereocenters. The minimum atomic E-state index is -3.51. The van der Waals surface area contributed by atoms with Crippen LogP contribution in [-0.4, -0.2) is 36.5 Å². The zero-order valence-corrected chi connectivity index (χ0v) is 13.8. The SMILES string of the molecule is CCOC(=O)C(F)(F)CN(Cc1ccccc1)CC1C=CC=CC1. The number of hydrogen-bond donors (Lipinski definition) is 0. The predicted octanol–water partition coefficient (Wildman–Crippen LogP) is 3.82. The fraction of sp³-hybridized carbons (Fsp3) is 0.421. The van der Waals surface area contributed by atoms with Crippen LogP contribution in [0.4, 0.5) is 8.78 Å². The van der Waals surface area contributed by atoms with Crippen molar-refractivity contribution in [3.05, 3.63) is 60.2 Å². The van der Waals surface area contributed by atoms with Crippen LogP contribution in [0.5, 0.6) is 0 Å². The third-order valence-electron chi connectivity index (χ3n) is 3.81. The molecule has 0 aromatic heterocycles. The molecule has 0 fully saturated rings. The molecular weight excluding hydrogens is 312 g/mol. The first kappa shape index (κ1) is 18.3. The number of carbonyl (C=O) groups excluding carboxylic acids is 1. The Balaban J connectivity index is 2.07. The third-order valence-corrected chi connectivity index (χ3v) is 3.81. The maximum Gasteiger partial charge on any atom is 0.378 e. The number of rotatable bonds is 8. The van der Waals surface area contributed by atoms with Crippen LogP contribution in [0.2, 0.25) is 0 Å². The minimum absolute atomic E-state index is 0.0523. The van der Waals surface area contributed by atoms with Crippen molar-refractivity contribution in [3.63, 3.8) is 0 Å². The van der Waals surface area contributed by atoms with Crippen LogP contribution in [-0.2, 0) is 16.1 Å². The summed E-state index contributed by atoms with van der Waals surface area (Å²) in [5.41, 5.74) is 0.937. The van der Waals surface area contributed by atoms with E-state index in [9.17, 15) is 13.6 Å². The van der Waals surface area contributed by atoms with Gasteiger partial charge in [0.15, 0.2) is 0 Å². The Labute approximate surface area is 141 Å². The van der Waals surface area contributed by atoms with Crippen molar-refractivity contribution in [3.8, 4) is 0 Å². The van der Waals surface area contributed by atoms with Crippen LogP contribution in [0.1, 0.15) is 18.9 Å². The van der Waals surface area contributed by atoms with Crippen molar-refractivity contribution in [2.75, 3.05) is 19.7 Å². The molecule has 1 aliphatic carbocycles. The molecule has 0 spiro atoms. The number of hydrogen-bond acceptors (Lipinski definition) is 3. The molecule has 1 aliphatic rings. The van der Waals surface area contributed by atoms with Gasteiger partial charge in [0.25, 0.3) is 0 Å². The zero-order valence-electron chi connectivity index (χ0n) is 13.8. The van der Waals surface area contributed by atoms with E-state index >= 15 is 0 Å². The Kier molecular flexibility index (Phi) is 6.67. The van der Waals surface area contributed by atoms with Gasteiger partial charge in [0.05, 0.1) is 13.2 Å². The fourth-order valence-electron chi connectivity index (χ4n) is 2.71. The Morgan fingerprint density at radius 1 is 1.29 bits per heavy atom. The summed E-state index contributed by atoms with van der Waals surface area (Å²) in [7, 11) is 0. The van der Waals surface area contributed by atoms with Crippen LogP contribution < -0.4 is 0 Å². The van der Waals surface area contributed by atoms with Crippen LogP contribution in [0, 0.1) is 5.92 Å². The molecule has 0 bridgehead atoms. The lowest BCUT2D eigenvalue weighted by atomic mass is 9.99. The van der Waals surface area contributed by atoms with Gasteiger partial charge in [-0.25, -0.2) is 4.79 Å². The van der Waals surface area contributed by atoms with Gasteiger partial charge >= 0.3 is 11.9 Å². The molecule has 5 heteroatoms. The molecule has 0 amide bonds. The van der Waals surface area contributed by atoms with E-state index in [2.05, 4.69) is 4.74 Å². The molecule has 0 heterocycles. The van der Waals surface area contributed by atoms with Crippen molar-refractivity contribution in [2.24, 2.45) is 5.92 Å². The van der Waals surface area contributed by atoms with Crippen LogP contribution in [0.3, 0.4) is 0 Å². The highest BCUT2D eigenvalue weighted by molar-refractivity contribution is 5.77. The van der Waals surface area contributed by atoms with Crippen molar-refractivity contribution in [2.45, 2.75) is 25.8 Å². The first-order valence-corrected chi connectivity index (χ1v) is 8.16. The van der Waals surface area contributed by atoms with E-state index in [1.54, 1.807) is 4.90 Å². The summed E-state index contributed by atoms with van der Waals surface area (Å²) in [4.78, 5) is 13.1. The smallest absolute Gasteiger partial charge is 0.378 e. The second kappa shape index (κ2) is 8.73. The van der Waals surface area contributed by atoms with E-state index < -0.39 is 18.4 Å². The van der Waals surface area contributed by atoms with Gasteiger partial charge in [-0.3, -0.25) is 4.90 Å². The molecule has 2 rings (SSSR count).